The van der Waals surface area contributed by atoms with Crippen molar-refractivity contribution < 1.29 is 22.4 Å². The third kappa shape index (κ3) is 2.99. The van der Waals surface area contributed by atoms with Crippen molar-refractivity contribution in [1.82, 2.24) is 24.9 Å². The highest BCUT2D eigenvalue weighted by molar-refractivity contribution is 5.60. The first-order chi connectivity index (χ1) is 10.0. The van der Waals surface area contributed by atoms with Gasteiger partial charge in [-0.05, 0) is 12.1 Å². The number of hydrogen-bond donors (Lipinski definition) is 0. The number of alkyl halides is 3. The lowest BCUT2D eigenvalue weighted by Gasteiger charge is -2.11. The van der Waals surface area contributed by atoms with Crippen molar-refractivity contribution in [2.75, 3.05) is 0 Å². The van der Waals surface area contributed by atoms with Crippen LogP contribution in [0.5, 0.6) is 5.75 Å². The molecule has 0 aliphatic heterocycles. The summed E-state index contributed by atoms with van der Waals surface area (Å²) in [6, 6.07) is 3.83. The summed E-state index contributed by atoms with van der Waals surface area (Å²) in [4.78, 5) is 7.52. The quantitative estimate of drug-likeness (QED) is 0.737. The maximum absolute atomic E-state index is 12.4. The Labute approximate surface area is 115 Å². The number of rotatable bonds is 3. The number of hydrogen-bond acceptors (Lipinski definition) is 6. The molecule has 0 amide bonds. The van der Waals surface area contributed by atoms with E-state index < -0.39 is 12.1 Å². The van der Waals surface area contributed by atoms with Crippen LogP contribution < -0.4 is 4.74 Å². The fourth-order valence-electron chi connectivity index (χ4n) is 1.67. The number of halogens is 3. The summed E-state index contributed by atoms with van der Waals surface area (Å²) in [6.45, 7) is 0. The van der Waals surface area contributed by atoms with Crippen LogP contribution in [0, 0.1) is 0 Å². The molecule has 0 radical (unpaired) electrons. The Morgan fingerprint density at radius 3 is 2.62 bits per heavy atom. The highest BCUT2D eigenvalue weighted by atomic mass is 19.4. The van der Waals surface area contributed by atoms with Crippen molar-refractivity contribution in [3.8, 4) is 22.9 Å². The maximum atomic E-state index is 12.4. The van der Waals surface area contributed by atoms with Gasteiger partial charge in [0.25, 0.3) is 5.89 Å². The maximum Gasteiger partial charge on any atom is 0.573 e. The van der Waals surface area contributed by atoms with Crippen LogP contribution >= 0.6 is 0 Å². The summed E-state index contributed by atoms with van der Waals surface area (Å²) in [5.74, 6) is -0.368. The topological polar surface area (TPSA) is 78.9 Å². The van der Waals surface area contributed by atoms with Gasteiger partial charge in [-0.25, -0.2) is 9.67 Å². The van der Waals surface area contributed by atoms with Gasteiger partial charge in [-0.2, -0.15) is 10.1 Å². The van der Waals surface area contributed by atoms with Crippen molar-refractivity contribution >= 4 is 0 Å². The molecule has 3 aromatic rings. The summed E-state index contributed by atoms with van der Waals surface area (Å²) in [6.07, 6.45) is -1.08. The molecular formula is C11H6F3N5O2. The van der Waals surface area contributed by atoms with E-state index in [4.69, 9.17) is 4.52 Å². The summed E-state index contributed by atoms with van der Waals surface area (Å²) < 4.78 is 47.2. The molecule has 0 aliphatic carbocycles. The lowest BCUT2D eigenvalue weighted by molar-refractivity contribution is -0.274. The second-order valence-corrected chi connectivity index (χ2v) is 3.85. The Bertz CT molecular complexity index is 672. The molecule has 0 unspecified atom stereocenters. The van der Waals surface area contributed by atoms with Gasteiger partial charge in [0.1, 0.15) is 18.4 Å². The molecule has 0 aliphatic rings. The molecule has 3 rings (SSSR count). The van der Waals surface area contributed by atoms with Crippen LogP contribution in [0.3, 0.4) is 0 Å². The minimum Gasteiger partial charge on any atom is -0.406 e. The average molecular weight is 297 g/mol. The Morgan fingerprint density at radius 1 is 1.14 bits per heavy atom. The van der Waals surface area contributed by atoms with E-state index in [0.717, 1.165) is 12.4 Å². The largest absolute Gasteiger partial charge is 0.573 e. The van der Waals surface area contributed by atoms with Crippen LogP contribution in [0.4, 0.5) is 13.2 Å². The van der Waals surface area contributed by atoms with Gasteiger partial charge in [0, 0.05) is 11.6 Å². The second-order valence-electron chi connectivity index (χ2n) is 3.85. The van der Waals surface area contributed by atoms with E-state index in [1.54, 1.807) is 0 Å². The SMILES string of the molecule is FC(F)(F)Oc1cc(-c2ncno2)cc(-n2cncn2)c1. The molecule has 21 heavy (non-hydrogen) atoms. The predicted molar refractivity (Wildman–Crippen MR) is 61.3 cm³/mol. The first-order valence-electron chi connectivity index (χ1n) is 5.54. The number of nitrogens with zero attached hydrogens (tertiary/aromatic N) is 5. The van der Waals surface area contributed by atoms with Crippen molar-refractivity contribution in [2.24, 2.45) is 0 Å². The van der Waals surface area contributed by atoms with E-state index in [0.29, 0.717) is 5.69 Å². The number of aromatic nitrogens is 5. The summed E-state index contributed by atoms with van der Waals surface area (Å²) in [5, 5.41) is 7.26. The fourth-order valence-corrected chi connectivity index (χ4v) is 1.67. The van der Waals surface area contributed by atoms with Gasteiger partial charge in [0.05, 0.1) is 5.69 Å². The minimum atomic E-state index is -4.81. The monoisotopic (exact) mass is 297 g/mol. The van der Waals surface area contributed by atoms with Crippen molar-refractivity contribution in [3.05, 3.63) is 37.2 Å². The third-order valence-electron chi connectivity index (χ3n) is 2.42. The molecule has 0 saturated heterocycles. The zero-order valence-corrected chi connectivity index (χ0v) is 10.2. The molecule has 7 nitrogen and oxygen atoms in total. The van der Waals surface area contributed by atoms with Crippen LogP contribution in [0.25, 0.3) is 17.1 Å². The molecule has 1 aromatic carbocycles. The predicted octanol–water partition coefficient (Wildman–Crippen LogP) is 2.22. The Hall–Kier alpha value is -2.91. The van der Waals surface area contributed by atoms with Gasteiger partial charge >= 0.3 is 6.36 Å². The van der Waals surface area contributed by atoms with Crippen molar-refractivity contribution in [3.63, 3.8) is 0 Å². The van der Waals surface area contributed by atoms with Gasteiger partial charge in [-0.15, -0.1) is 13.2 Å². The van der Waals surface area contributed by atoms with Gasteiger partial charge in [-0.3, -0.25) is 0 Å². The smallest absolute Gasteiger partial charge is 0.406 e. The van der Waals surface area contributed by atoms with E-state index in [1.165, 1.54) is 29.5 Å². The third-order valence-corrected chi connectivity index (χ3v) is 2.42. The highest BCUT2D eigenvalue weighted by Crippen LogP contribution is 2.30. The molecule has 2 aromatic heterocycles. The number of ether oxygens (including phenoxy) is 1. The molecular weight excluding hydrogens is 291 g/mol. The molecule has 0 spiro atoms. The average Bonchev–Trinajstić information content (AvgIpc) is 3.10. The Balaban J connectivity index is 2.08. The van der Waals surface area contributed by atoms with Gasteiger partial charge in [-0.1, -0.05) is 5.16 Å². The molecule has 2 heterocycles. The second kappa shape index (κ2) is 4.89. The zero-order chi connectivity index (χ0) is 14.9. The standard InChI is InChI=1S/C11H6F3N5O2/c12-11(13,14)20-9-2-7(10-16-5-18-21-10)1-8(3-9)19-6-15-4-17-19/h1-6H. The van der Waals surface area contributed by atoms with E-state index in [9.17, 15) is 13.2 Å². The summed E-state index contributed by atoms with van der Waals surface area (Å²) >= 11 is 0. The number of benzene rings is 1. The minimum absolute atomic E-state index is 0.0592. The molecule has 0 bridgehead atoms. The molecule has 0 N–H and O–H groups in total. The molecule has 108 valence electrons. The van der Waals surface area contributed by atoms with Crippen molar-refractivity contribution in [1.29, 1.82) is 0 Å². The van der Waals surface area contributed by atoms with Gasteiger partial charge in [0.2, 0.25) is 0 Å². The van der Waals surface area contributed by atoms with Crippen LogP contribution in [-0.4, -0.2) is 31.3 Å². The normalized spacial score (nSPS) is 11.6. The van der Waals surface area contributed by atoms with E-state index in [-0.39, 0.29) is 11.5 Å². The molecule has 0 saturated carbocycles. The van der Waals surface area contributed by atoms with Gasteiger partial charge in [0.15, 0.2) is 6.33 Å². The van der Waals surface area contributed by atoms with E-state index in [1.807, 2.05) is 0 Å². The van der Waals surface area contributed by atoms with Crippen LogP contribution in [-0.2, 0) is 0 Å². The van der Waals surface area contributed by atoms with Crippen LogP contribution in [0.15, 0.2) is 41.7 Å². The first kappa shape index (κ1) is 13.1. The first-order valence-corrected chi connectivity index (χ1v) is 5.54. The van der Waals surface area contributed by atoms with Crippen molar-refractivity contribution in [2.45, 2.75) is 6.36 Å². The summed E-state index contributed by atoms with van der Waals surface area (Å²) in [5.41, 5.74) is 0.571. The fraction of sp³-hybridized carbons (Fsp3) is 0.0909. The van der Waals surface area contributed by atoms with Crippen LogP contribution in [0.2, 0.25) is 0 Å². The van der Waals surface area contributed by atoms with E-state index >= 15 is 0 Å². The zero-order valence-electron chi connectivity index (χ0n) is 10.2. The summed E-state index contributed by atoms with van der Waals surface area (Å²) in [7, 11) is 0. The molecule has 10 heteroatoms. The van der Waals surface area contributed by atoms with Crippen LogP contribution in [0.1, 0.15) is 0 Å². The van der Waals surface area contributed by atoms with E-state index in [2.05, 4.69) is 25.0 Å². The van der Waals surface area contributed by atoms with Gasteiger partial charge < -0.3 is 9.26 Å². The molecule has 0 fully saturated rings. The Kier molecular flexibility index (Phi) is 3.05. The lowest BCUT2D eigenvalue weighted by atomic mass is 10.2. The lowest BCUT2D eigenvalue weighted by Crippen LogP contribution is -2.17. The highest BCUT2D eigenvalue weighted by Gasteiger charge is 2.31. The Morgan fingerprint density at radius 2 is 2.00 bits per heavy atom. The molecule has 0 atom stereocenters.